The number of nitrogens with one attached hydrogen (secondary N) is 1. The second-order valence-electron chi connectivity index (χ2n) is 6.11. The topological polar surface area (TPSA) is 75.7 Å². The quantitative estimate of drug-likeness (QED) is 0.647. The Labute approximate surface area is 138 Å². The lowest BCUT2D eigenvalue weighted by molar-refractivity contribution is -0.152. The van der Waals surface area contributed by atoms with Crippen LogP contribution in [0.15, 0.2) is 24.3 Å². The van der Waals surface area contributed by atoms with Crippen molar-refractivity contribution in [2.24, 2.45) is 11.8 Å². The van der Waals surface area contributed by atoms with Gasteiger partial charge in [-0.15, -0.1) is 0 Å². The molecule has 1 N–H and O–H groups in total. The Bertz CT molecular complexity index is 690. The molecule has 2 fully saturated rings. The van der Waals surface area contributed by atoms with Crippen molar-refractivity contribution in [1.29, 1.82) is 0 Å². The van der Waals surface area contributed by atoms with E-state index in [1.165, 1.54) is 14.2 Å². The molecule has 122 valence electrons. The number of benzene rings is 1. The predicted octanol–water partition coefficient (Wildman–Crippen LogP) is 1.15. The van der Waals surface area contributed by atoms with Crippen LogP contribution in [0.4, 0.5) is 0 Å². The first kappa shape index (κ1) is 16.0. The lowest BCUT2D eigenvalue weighted by atomic mass is 9.80. The van der Waals surface area contributed by atoms with Gasteiger partial charge in [-0.3, -0.25) is 24.6 Å². The van der Waals surface area contributed by atoms with Crippen LogP contribution >= 0.6 is 11.6 Å². The molecule has 2 heterocycles. The van der Waals surface area contributed by atoms with Gasteiger partial charge in [0.15, 0.2) is 0 Å². The molecule has 1 aromatic rings. The average Bonchev–Trinajstić information content (AvgIpc) is 2.97. The van der Waals surface area contributed by atoms with E-state index in [9.17, 15) is 14.4 Å². The maximum atomic E-state index is 12.5. The highest BCUT2D eigenvalue weighted by Crippen LogP contribution is 2.48. The van der Waals surface area contributed by atoms with Crippen LogP contribution in [0.2, 0.25) is 5.02 Å². The van der Waals surface area contributed by atoms with Crippen molar-refractivity contribution in [3.63, 3.8) is 0 Å². The summed E-state index contributed by atoms with van der Waals surface area (Å²) >= 11 is 5.91. The third kappa shape index (κ3) is 2.16. The van der Waals surface area contributed by atoms with Gasteiger partial charge in [-0.25, -0.2) is 0 Å². The van der Waals surface area contributed by atoms with Gasteiger partial charge in [-0.1, -0.05) is 23.7 Å². The lowest BCUT2D eigenvalue weighted by Gasteiger charge is -2.27. The van der Waals surface area contributed by atoms with Gasteiger partial charge in [0.05, 0.1) is 18.9 Å². The Morgan fingerprint density at radius 1 is 1.26 bits per heavy atom. The van der Waals surface area contributed by atoms with Crippen molar-refractivity contribution in [2.75, 3.05) is 14.2 Å². The smallest absolute Gasteiger partial charge is 0.326 e. The highest BCUT2D eigenvalue weighted by atomic mass is 35.5. The number of rotatable bonds is 2. The van der Waals surface area contributed by atoms with Crippen molar-refractivity contribution in [1.82, 2.24) is 10.2 Å². The number of nitrogens with zero attached hydrogens (tertiary/aromatic N) is 1. The fraction of sp³-hybridized carbons (Fsp3) is 0.438. The average molecular weight is 337 g/mol. The molecule has 0 aromatic heterocycles. The number of ether oxygens (including phenoxy) is 1. The predicted molar refractivity (Wildman–Crippen MR) is 82.5 cm³/mol. The van der Waals surface area contributed by atoms with E-state index in [1.807, 2.05) is 0 Å². The maximum Gasteiger partial charge on any atom is 0.326 e. The third-order valence-electron chi connectivity index (χ3n) is 4.85. The molecule has 2 aliphatic rings. The number of hydrogen-bond donors (Lipinski definition) is 1. The molecule has 2 saturated heterocycles. The molecule has 0 aliphatic carbocycles. The zero-order valence-electron chi connectivity index (χ0n) is 13.0. The first-order valence-electron chi connectivity index (χ1n) is 7.24. The van der Waals surface area contributed by atoms with Crippen LogP contribution in [0.3, 0.4) is 0 Å². The highest BCUT2D eigenvalue weighted by Gasteiger charge is 2.66. The number of methoxy groups -OCH3 is 1. The van der Waals surface area contributed by atoms with Crippen LogP contribution in [-0.2, 0) is 19.1 Å². The molecule has 23 heavy (non-hydrogen) atoms. The summed E-state index contributed by atoms with van der Waals surface area (Å²) in [4.78, 5) is 38.4. The molecule has 0 unspecified atom stereocenters. The summed E-state index contributed by atoms with van der Waals surface area (Å²) in [5.41, 5.74) is -0.449. The molecule has 0 spiro atoms. The molecule has 4 atom stereocenters. The van der Waals surface area contributed by atoms with Crippen molar-refractivity contribution in [3.05, 3.63) is 34.9 Å². The Morgan fingerprint density at radius 2 is 1.87 bits per heavy atom. The summed E-state index contributed by atoms with van der Waals surface area (Å²) in [5, 5.41) is 3.73. The van der Waals surface area contributed by atoms with Crippen LogP contribution in [0.5, 0.6) is 0 Å². The minimum Gasteiger partial charge on any atom is -0.468 e. The van der Waals surface area contributed by atoms with E-state index < -0.39 is 29.4 Å². The zero-order chi connectivity index (χ0) is 16.9. The summed E-state index contributed by atoms with van der Waals surface area (Å²) in [6, 6.07) is 6.55. The molecule has 0 bridgehead atoms. The van der Waals surface area contributed by atoms with Gasteiger partial charge in [0.25, 0.3) is 0 Å². The van der Waals surface area contributed by atoms with Gasteiger partial charge in [-0.05, 0) is 24.6 Å². The number of esters is 1. The number of carbonyl (C=O) groups excluding carboxylic acids is 3. The number of hydrogen-bond acceptors (Lipinski definition) is 5. The number of likely N-dealkylation sites (tertiary alicyclic amines) is 1. The van der Waals surface area contributed by atoms with Crippen molar-refractivity contribution >= 4 is 29.4 Å². The van der Waals surface area contributed by atoms with Crippen LogP contribution in [0.25, 0.3) is 0 Å². The molecule has 0 radical (unpaired) electrons. The molecule has 3 rings (SSSR count). The van der Waals surface area contributed by atoms with Gasteiger partial charge >= 0.3 is 5.97 Å². The van der Waals surface area contributed by atoms with E-state index in [4.69, 9.17) is 16.3 Å². The standard InChI is InChI=1S/C16H17ClN2O4/c1-16(15(22)23-3)11-10(13(20)19(2)14(11)21)12(18-16)8-4-6-9(17)7-5-8/h4-7,10-12,18H,1-3H3/t10-,11-,12-,16+/m0/s1. The monoisotopic (exact) mass is 336 g/mol. The maximum absolute atomic E-state index is 12.5. The largest absolute Gasteiger partial charge is 0.468 e. The Morgan fingerprint density at radius 3 is 2.43 bits per heavy atom. The molecule has 2 amide bonds. The first-order valence-corrected chi connectivity index (χ1v) is 7.62. The minimum atomic E-state index is -1.25. The Balaban J connectivity index is 2.09. The number of fused-ring (bicyclic) bond motifs is 1. The van der Waals surface area contributed by atoms with E-state index in [-0.39, 0.29) is 11.8 Å². The number of amides is 2. The first-order chi connectivity index (χ1) is 10.8. The fourth-order valence-electron chi connectivity index (χ4n) is 3.64. The van der Waals surface area contributed by atoms with E-state index in [1.54, 1.807) is 31.2 Å². The molecular weight excluding hydrogens is 320 g/mol. The van der Waals surface area contributed by atoms with Gasteiger partial charge < -0.3 is 4.74 Å². The minimum absolute atomic E-state index is 0.292. The number of carbonyl (C=O) groups is 3. The van der Waals surface area contributed by atoms with E-state index in [0.29, 0.717) is 5.02 Å². The fourth-order valence-corrected chi connectivity index (χ4v) is 3.77. The zero-order valence-corrected chi connectivity index (χ0v) is 13.8. The van der Waals surface area contributed by atoms with Gasteiger partial charge in [0.1, 0.15) is 5.54 Å². The number of halogens is 1. The van der Waals surface area contributed by atoms with E-state index in [0.717, 1.165) is 10.5 Å². The molecule has 2 aliphatic heterocycles. The summed E-state index contributed by atoms with van der Waals surface area (Å²) in [6.07, 6.45) is 0. The molecule has 0 saturated carbocycles. The summed E-state index contributed by atoms with van der Waals surface area (Å²) in [5.74, 6) is -2.64. The second kappa shape index (κ2) is 5.32. The van der Waals surface area contributed by atoms with Crippen molar-refractivity contribution in [2.45, 2.75) is 18.5 Å². The number of imide groups is 1. The van der Waals surface area contributed by atoms with Gasteiger partial charge in [-0.2, -0.15) is 0 Å². The van der Waals surface area contributed by atoms with E-state index in [2.05, 4.69) is 5.32 Å². The van der Waals surface area contributed by atoms with Crippen LogP contribution in [0, 0.1) is 11.8 Å². The Hall–Kier alpha value is -1.92. The molecule has 7 heteroatoms. The van der Waals surface area contributed by atoms with Crippen molar-refractivity contribution < 1.29 is 19.1 Å². The SMILES string of the molecule is COC(=O)[C@]1(C)N[C@@H](c2ccc(Cl)cc2)[C@H]2C(=O)N(C)C(=O)[C@H]21. The second-order valence-corrected chi connectivity index (χ2v) is 6.54. The Kier molecular flexibility index (Phi) is 3.69. The van der Waals surface area contributed by atoms with E-state index >= 15 is 0 Å². The third-order valence-corrected chi connectivity index (χ3v) is 5.10. The summed E-state index contributed by atoms with van der Waals surface area (Å²) in [6.45, 7) is 1.61. The van der Waals surface area contributed by atoms with Crippen LogP contribution in [-0.4, -0.2) is 42.4 Å². The van der Waals surface area contributed by atoms with Gasteiger partial charge in [0, 0.05) is 18.1 Å². The summed E-state index contributed by atoms with van der Waals surface area (Å²) < 4.78 is 4.86. The molecule has 1 aromatic carbocycles. The normalized spacial score (nSPS) is 33.0. The molecular formula is C16H17ClN2O4. The van der Waals surface area contributed by atoms with Crippen LogP contribution in [0.1, 0.15) is 18.5 Å². The highest BCUT2D eigenvalue weighted by molar-refractivity contribution is 6.30. The summed E-state index contributed by atoms with van der Waals surface area (Å²) in [7, 11) is 2.71. The molecule has 6 nitrogen and oxygen atoms in total. The van der Waals surface area contributed by atoms with Crippen molar-refractivity contribution in [3.8, 4) is 0 Å². The lowest BCUT2D eigenvalue weighted by Crippen LogP contribution is -2.53. The van der Waals surface area contributed by atoms with Crippen LogP contribution < -0.4 is 5.32 Å². The van der Waals surface area contributed by atoms with Gasteiger partial charge in [0.2, 0.25) is 11.8 Å².